The molecule has 2 aromatic carbocycles. The zero-order valence-corrected chi connectivity index (χ0v) is 13.8. The predicted molar refractivity (Wildman–Crippen MR) is 90.6 cm³/mol. The Kier molecular flexibility index (Phi) is 6.28. The van der Waals surface area contributed by atoms with Gasteiger partial charge in [-0.3, -0.25) is 4.79 Å². The van der Waals surface area contributed by atoms with Crippen LogP contribution < -0.4 is 5.32 Å². The van der Waals surface area contributed by atoms with E-state index in [4.69, 9.17) is 11.6 Å². The van der Waals surface area contributed by atoms with E-state index in [1.165, 1.54) is 23.9 Å². The summed E-state index contributed by atoms with van der Waals surface area (Å²) in [6.07, 6.45) is 0. The zero-order valence-electron chi connectivity index (χ0n) is 12.2. The van der Waals surface area contributed by atoms with E-state index in [0.717, 1.165) is 11.1 Å². The van der Waals surface area contributed by atoms with Gasteiger partial charge in [-0.15, -0.1) is 11.8 Å². The Morgan fingerprint density at radius 1 is 1.18 bits per heavy atom. The number of carbonyl (C=O) groups is 1. The van der Waals surface area contributed by atoms with E-state index in [2.05, 4.69) is 5.32 Å². The lowest BCUT2D eigenvalue weighted by molar-refractivity contribution is -0.119. The number of rotatable bonds is 6. The molecule has 1 atom stereocenters. The highest BCUT2D eigenvalue weighted by atomic mass is 35.5. The first-order chi connectivity index (χ1) is 10.5. The average molecular weight is 338 g/mol. The Hall–Kier alpha value is -1.52. The van der Waals surface area contributed by atoms with Gasteiger partial charge in [0.2, 0.25) is 5.91 Å². The van der Waals surface area contributed by atoms with Crippen LogP contribution in [0, 0.1) is 5.82 Å². The van der Waals surface area contributed by atoms with Crippen LogP contribution >= 0.6 is 23.4 Å². The molecule has 0 saturated carbocycles. The molecule has 5 heteroatoms. The van der Waals surface area contributed by atoms with E-state index in [-0.39, 0.29) is 17.8 Å². The molecule has 1 N–H and O–H groups in total. The topological polar surface area (TPSA) is 29.1 Å². The summed E-state index contributed by atoms with van der Waals surface area (Å²) < 4.78 is 12.8. The third-order valence-corrected chi connectivity index (χ3v) is 4.42. The number of carbonyl (C=O) groups excluding carboxylic acids is 1. The second kappa shape index (κ2) is 8.20. The minimum atomic E-state index is -0.247. The van der Waals surface area contributed by atoms with Crippen LogP contribution in [0.4, 0.5) is 4.39 Å². The van der Waals surface area contributed by atoms with Crippen LogP contribution in [0.3, 0.4) is 0 Å². The molecule has 0 aliphatic heterocycles. The molecule has 0 heterocycles. The van der Waals surface area contributed by atoms with Gasteiger partial charge < -0.3 is 5.32 Å². The summed E-state index contributed by atoms with van der Waals surface area (Å²) in [5.41, 5.74) is 2.02. The van der Waals surface area contributed by atoms with Gasteiger partial charge >= 0.3 is 0 Å². The van der Waals surface area contributed by atoms with Crippen molar-refractivity contribution in [1.82, 2.24) is 5.32 Å². The lowest BCUT2D eigenvalue weighted by Crippen LogP contribution is -2.28. The van der Waals surface area contributed by atoms with Gasteiger partial charge in [0.15, 0.2) is 0 Å². The van der Waals surface area contributed by atoms with Crippen LogP contribution in [0.5, 0.6) is 0 Å². The van der Waals surface area contributed by atoms with Crippen LogP contribution in [0.2, 0.25) is 5.02 Å². The fourth-order valence-corrected chi connectivity index (χ4v) is 2.89. The molecule has 0 spiro atoms. The van der Waals surface area contributed by atoms with Crippen LogP contribution in [0.15, 0.2) is 48.5 Å². The maximum atomic E-state index is 12.8. The lowest BCUT2D eigenvalue weighted by atomic mass is 10.1. The number of thioether (sulfide) groups is 1. The Bertz CT molecular complexity index is 616. The molecule has 116 valence electrons. The van der Waals surface area contributed by atoms with Crippen molar-refractivity contribution < 1.29 is 9.18 Å². The van der Waals surface area contributed by atoms with Crippen LogP contribution in [-0.4, -0.2) is 11.7 Å². The summed E-state index contributed by atoms with van der Waals surface area (Å²) in [7, 11) is 0. The number of hydrogen-bond donors (Lipinski definition) is 1. The molecule has 0 aromatic heterocycles. The van der Waals surface area contributed by atoms with Gasteiger partial charge in [0, 0.05) is 10.8 Å². The Morgan fingerprint density at radius 2 is 1.82 bits per heavy atom. The highest BCUT2D eigenvalue weighted by molar-refractivity contribution is 7.99. The summed E-state index contributed by atoms with van der Waals surface area (Å²) in [4.78, 5) is 11.9. The number of benzene rings is 2. The van der Waals surface area contributed by atoms with E-state index in [0.29, 0.717) is 16.5 Å². The number of nitrogens with one attached hydrogen (secondary N) is 1. The van der Waals surface area contributed by atoms with E-state index >= 15 is 0 Å². The molecular formula is C17H17ClFNOS. The molecular weight excluding hydrogens is 321 g/mol. The second-order valence-corrected chi connectivity index (χ2v) is 6.38. The third-order valence-electron chi connectivity index (χ3n) is 3.16. The normalized spacial score (nSPS) is 12.0. The highest BCUT2D eigenvalue weighted by Crippen LogP contribution is 2.17. The van der Waals surface area contributed by atoms with E-state index in [1.807, 2.05) is 31.2 Å². The van der Waals surface area contributed by atoms with Gasteiger partial charge in [-0.05, 0) is 42.3 Å². The minimum absolute atomic E-state index is 0.0189. The smallest absolute Gasteiger partial charge is 0.230 e. The molecule has 0 aliphatic carbocycles. The number of amides is 1. The van der Waals surface area contributed by atoms with Crippen molar-refractivity contribution in [1.29, 1.82) is 0 Å². The van der Waals surface area contributed by atoms with Gasteiger partial charge in [-0.25, -0.2) is 4.39 Å². The molecule has 2 rings (SSSR count). The van der Waals surface area contributed by atoms with E-state index < -0.39 is 0 Å². The molecule has 0 saturated heterocycles. The fraction of sp³-hybridized carbons (Fsp3) is 0.235. The minimum Gasteiger partial charge on any atom is -0.349 e. The summed E-state index contributed by atoms with van der Waals surface area (Å²) >= 11 is 7.35. The van der Waals surface area contributed by atoms with Gasteiger partial charge in [0.1, 0.15) is 5.82 Å². The fourth-order valence-electron chi connectivity index (χ4n) is 1.96. The standard InChI is InChI=1S/C17H17ClFNOS/c1-12(14-4-6-15(18)7-5-14)20-17(21)11-22-10-13-2-8-16(19)9-3-13/h2-9,12H,10-11H2,1H3,(H,20,21)/t12-/m0/s1. The molecule has 0 aliphatic rings. The predicted octanol–water partition coefficient (Wildman–Crippen LogP) is 4.59. The molecule has 2 nitrogen and oxygen atoms in total. The summed E-state index contributed by atoms with van der Waals surface area (Å²) in [6.45, 7) is 1.94. The van der Waals surface area contributed by atoms with Gasteiger partial charge in [-0.1, -0.05) is 35.9 Å². The molecule has 22 heavy (non-hydrogen) atoms. The molecule has 0 bridgehead atoms. The van der Waals surface area contributed by atoms with Gasteiger partial charge in [0.05, 0.1) is 11.8 Å². The largest absolute Gasteiger partial charge is 0.349 e. The summed E-state index contributed by atoms with van der Waals surface area (Å²) in [5.74, 6) is 0.788. The van der Waals surface area contributed by atoms with Crippen LogP contribution in [-0.2, 0) is 10.5 Å². The second-order valence-electron chi connectivity index (χ2n) is 4.96. The average Bonchev–Trinajstić information content (AvgIpc) is 2.50. The van der Waals surface area contributed by atoms with Gasteiger partial charge in [0.25, 0.3) is 0 Å². The lowest BCUT2D eigenvalue weighted by Gasteiger charge is -2.14. The van der Waals surface area contributed by atoms with Gasteiger partial charge in [-0.2, -0.15) is 0 Å². The molecule has 0 fully saturated rings. The molecule has 0 unspecified atom stereocenters. The van der Waals surface area contributed by atoms with Crippen molar-refractivity contribution in [2.24, 2.45) is 0 Å². The van der Waals surface area contributed by atoms with Crippen molar-refractivity contribution in [3.05, 3.63) is 70.5 Å². The van der Waals surface area contributed by atoms with Crippen molar-refractivity contribution in [2.75, 3.05) is 5.75 Å². The first-order valence-electron chi connectivity index (χ1n) is 6.91. The van der Waals surface area contributed by atoms with Crippen molar-refractivity contribution in [3.8, 4) is 0 Å². The monoisotopic (exact) mass is 337 g/mol. The number of halogens is 2. The van der Waals surface area contributed by atoms with Crippen molar-refractivity contribution in [3.63, 3.8) is 0 Å². The Morgan fingerprint density at radius 3 is 2.45 bits per heavy atom. The molecule has 1 amide bonds. The zero-order chi connectivity index (χ0) is 15.9. The maximum Gasteiger partial charge on any atom is 0.230 e. The van der Waals surface area contributed by atoms with E-state index in [1.54, 1.807) is 12.1 Å². The summed E-state index contributed by atoms with van der Waals surface area (Å²) in [5, 5.41) is 3.63. The number of hydrogen-bond acceptors (Lipinski definition) is 2. The SMILES string of the molecule is C[C@H](NC(=O)CSCc1ccc(F)cc1)c1ccc(Cl)cc1. The molecule has 2 aromatic rings. The Balaban J connectivity index is 1.75. The van der Waals surface area contributed by atoms with Crippen LogP contribution in [0.25, 0.3) is 0 Å². The Labute approximate surface area is 139 Å². The van der Waals surface area contributed by atoms with Crippen molar-refractivity contribution in [2.45, 2.75) is 18.7 Å². The third kappa shape index (κ3) is 5.35. The quantitative estimate of drug-likeness (QED) is 0.835. The first-order valence-corrected chi connectivity index (χ1v) is 8.45. The van der Waals surface area contributed by atoms with Crippen molar-refractivity contribution >= 4 is 29.3 Å². The van der Waals surface area contributed by atoms with Crippen LogP contribution in [0.1, 0.15) is 24.1 Å². The first kappa shape index (κ1) is 16.8. The maximum absolute atomic E-state index is 12.8. The van der Waals surface area contributed by atoms with E-state index in [9.17, 15) is 9.18 Å². The highest BCUT2D eigenvalue weighted by Gasteiger charge is 2.09. The molecule has 0 radical (unpaired) electrons. The summed E-state index contributed by atoms with van der Waals surface area (Å²) in [6, 6.07) is 13.7.